The minimum atomic E-state index is -4.68. The SMILES string of the molecule is Cc1ccc(OCC(=O)NNC(=O)C2CCN(c3ccc4nnc(C(F)(F)F)n4n3)CC2)cc1C. The maximum absolute atomic E-state index is 13.1. The summed E-state index contributed by atoms with van der Waals surface area (Å²) in [6.45, 7) is 4.48. The van der Waals surface area contributed by atoms with Crippen molar-refractivity contribution in [3.05, 3.63) is 47.3 Å². The van der Waals surface area contributed by atoms with Crippen molar-refractivity contribution < 1.29 is 27.5 Å². The Hall–Kier alpha value is -3.90. The van der Waals surface area contributed by atoms with Crippen LogP contribution in [0.4, 0.5) is 19.0 Å². The lowest BCUT2D eigenvalue weighted by Gasteiger charge is -2.32. The molecule has 10 nitrogen and oxygen atoms in total. The quantitative estimate of drug-likeness (QED) is 0.526. The van der Waals surface area contributed by atoms with Gasteiger partial charge in [0.1, 0.15) is 11.6 Å². The second kappa shape index (κ2) is 9.76. The predicted octanol–water partition coefficient (Wildman–Crippen LogP) is 2.20. The van der Waals surface area contributed by atoms with Gasteiger partial charge < -0.3 is 9.64 Å². The molecule has 2 N–H and O–H groups in total. The van der Waals surface area contributed by atoms with Crippen LogP contribution in [0.2, 0.25) is 0 Å². The maximum Gasteiger partial charge on any atom is 0.453 e. The van der Waals surface area contributed by atoms with Gasteiger partial charge in [-0.1, -0.05) is 6.07 Å². The number of alkyl halides is 3. The van der Waals surface area contributed by atoms with Crippen LogP contribution < -0.4 is 20.5 Å². The summed E-state index contributed by atoms with van der Waals surface area (Å²) in [5.74, 6) is -1.51. The van der Waals surface area contributed by atoms with Crippen molar-refractivity contribution in [3.8, 4) is 5.75 Å². The molecule has 1 aliphatic heterocycles. The van der Waals surface area contributed by atoms with Crippen LogP contribution in [-0.2, 0) is 15.8 Å². The number of aryl methyl sites for hydroxylation is 2. The first-order valence-electron chi connectivity index (χ1n) is 10.9. The number of benzene rings is 1. The van der Waals surface area contributed by atoms with Crippen molar-refractivity contribution in [1.29, 1.82) is 0 Å². The van der Waals surface area contributed by atoms with Gasteiger partial charge in [0.05, 0.1) is 0 Å². The largest absolute Gasteiger partial charge is 0.484 e. The van der Waals surface area contributed by atoms with Crippen LogP contribution in [0.1, 0.15) is 29.8 Å². The fourth-order valence-electron chi connectivity index (χ4n) is 3.72. The van der Waals surface area contributed by atoms with Gasteiger partial charge in [0.25, 0.3) is 11.7 Å². The van der Waals surface area contributed by atoms with E-state index in [2.05, 4.69) is 26.1 Å². The highest BCUT2D eigenvalue weighted by Gasteiger charge is 2.38. The standard InChI is InChI=1S/C22H24F3N7O3/c1-13-3-4-16(11-14(13)2)35-12-19(33)27-28-20(34)15-7-9-31(10-8-15)18-6-5-17-26-29-21(22(23,24)25)32(17)30-18/h3-6,11,15H,7-10,12H2,1-2H3,(H,27,33)(H,28,34). The summed E-state index contributed by atoms with van der Waals surface area (Å²) in [4.78, 5) is 26.3. The van der Waals surface area contributed by atoms with Crippen molar-refractivity contribution in [2.75, 3.05) is 24.6 Å². The number of hydrazine groups is 1. The Balaban J connectivity index is 1.26. The molecule has 0 unspecified atom stereocenters. The summed E-state index contributed by atoms with van der Waals surface area (Å²) < 4.78 is 45.4. The number of anilines is 1. The molecule has 0 radical (unpaired) electrons. The van der Waals surface area contributed by atoms with Crippen molar-refractivity contribution in [3.63, 3.8) is 0 Å². The normalized spacial score (nSPS) is 14.7. The van der Waals surface area contributed by atoms with Gasteiger partial charge in [-0.25, -0.2) is 0 Å². The molecule has 2 aromatic heterocycles. The van der Waals surface area contributed by atoms with Gasteiger partial charge >= 0.3 is 6.18 Å². The molecule has 1 fully saturated rings. The lowest BCUT2D eigenvalue weighted by atomic mass is 9.96. The number of carbonyl (C=O) groups is 2. The minimum Gasteiger partial charge on any atom is -0.484 e. The number of rotatable bonds is 5. The molecule has 0 atom stereocenters. The van der Waals surface area contributed by atoms with Gasteiger partial charge in [-0.2, -0.15) is 17.7 Å². The van der Waals surface area contributed by atoms with Crippen LogP contribution in [0.25, 0.3) is 5.65 Å². The van der Waals surface area contributed by atoms with E-state index in [1.165, 1.54) is 6.07 Å². The highest BCUT2D eigenvalue weighted by atomic mass is 19.4. The van der Waals surface area contributed by atoms with Crippen molar-refractivity contribution in [1.82, 2.24) is 30.7 Å². The Labute approximate surface area is 198 Å². The summed E-state index contributed by atoms with van der Waals surface area (Å²) in [7, 11) is 0. The molecular formula is C22H24F3N7O3. The molecule has 3 aromatic rings. The van der Waals surface area contributed by atoms with Crippen LogP contribution in [0.15, 0.2) is 30.3 Å². The van der Waals surface area contributed by atoms with Crippen molar-refractivity contribution >= 4 is 23.3 Å². The van der Waals surface area contributed by atoms with E-state index >= 15 is 0 Å². The summed E-state index contributed by atoms with van der Waals surface area (Å²) in [6, 6.07) is 8.47. The second-order valence-electron chi connectivity index (χ2n) is 8.32. The molecule has 2 amide bonds. The fourth-order valence-corrected chi connectivity index (χ4v) is 3.72. The van der Waals surface area contributed by atoms with E-state index in [1.807, 2.05) is 26.0 Å². The van der Waals surface area contributed by atoms with Gasteiger partial charge in [-0.15, -0.1) is 15.3 Å². The number of hydrogen-bond acceptors (Lipinski definition) is 7. The second-order valence-corrected chi connectivity index (χ2v) is 8.32. The topological polar surface area (TPSA) is 114 Å². The summed E-state index contributed by atoms with van der Waals surface area (Å²) in [6.07, 6.45) is -3.80. The molecule has 35 heavy (non-hydrogen) atoms. The van der Waals surface area contributed by atoms with E-state index in [4.69, 9.17) is 4.74 Å². The lowest BCUT2D eigenvalue weighted by Crippen LogP contribution is -2.48. The van der Waals surface area contributed by atoms with Crippen LogP contribution >= 0.6 is 0 Å². The Morgan fingerprint density at radius 1 is 1.06 bits per heavy atom. The number of piperidine rings is 1. The number of nitrogens with one attached hydrogen (secondary N) is 2. The molecule has 4 rings (SSSR count). The van der Waals surface area contributed by atoms with Gasteiger partial charge in [-0.3, -0.25) is 20.4 Å². The third-order valence-electron chi connectivity index (χ3n) is 5.87. The molecule has 0 bridgehead atoms. The number of hydrogen-bond donors (Lipinski definition) is 2. The van der Waals surface area contributed by atoms with Gasteiger partial charge in [0, 0.05) is 19.0 Å². The van der Waals surface area contributed by atoms with E-state index in [1.54, 1.807) is 17.0 Å². The average Bonchev–Trinajstić information content (AvgIpc) is 3.27. The van der Waals surface area contributed by atoms with Crippen LogP contribution in [0.3, 0.4) is 0 Å². The van der Waals surface area contributed by atoms with Crippen LogP contribution in [0, 0.1) is 19.8 Å². The number of fused-ring (bicyclic) bond motifs is 1. The molecule has 1 aliphatic rings. The number of amides is 2. The Kier molecular flexibility index (Phi) is 6.76. The molecule has 0 saturated carbocycles. The first kappa shape index (κ1) is 24.2. The van der Waals surface area contributed by atoms with E-state index in [0.717, 1.165) is 11.1 Å². The molecule has 0 spiro atoms. The molecule has 3 heterocycles. The van der Waals surface area contributed by atoms with Crippen LogP contribution in [0.5, 0.6) is 5.75 Å². The monoisotopic (exact) mass is 491 g/mol. The van der Waals surface area contributed by atoms with E-state index < -0.39 is 17.9 Å². The molecule has 1 saturated heterocycles. The van der Waals surface area contributed by atoms with Crippen LogP contribution in [-0.4, -0.2) is 51.3 Å². The zero-order valence-corrected chi connectivity index (χ0v) is 19.1. The maximum atomic E-state index is 13.1. The molecule has 1 aromatic carbocycles. The molecule has 186 valence electrons. The van der Waals surface area contributed by atoms with E-state index in [0.29, 0.717) is 42.0 Å². The predicted molar refractivity (Wildman–Crippen MR) is 118 cm³/mol. The van der Waals surface area contributed by atoms with E-state index in [9.17, 15) is 22.8 Å². The molecular weight excluding hydrogens is 467 g/mol. The van der Waals surface area contributed by atoms with E-state index in [-0.39, 0.29) is 24.1 Å². The average molecular weight is 491 g/mol. The number of nitrogens with zero attached hydrogens (tertiary/aromatic N) is 5. The molecule has 0 aliphatic carbocycles. The van der Waals surface area contributed by atoms with Crippen molar-refractivity contribution in [2.24, 2.45) is 5.92 Å². The van der Waals surface area contributed by atoms with Gasteiger partial charge in [0.15, 0.2) is 12.3 Å². The third kappa shape index (κ3) is 5.61. The summed E-state index contributed by atoms with van der Waals surface area (Å²) in [5, 5.41) is 10.7. The van der Waals surface area contributed by atoms with Gasteiger partial charge in [-0.05, 0) is 62.1 Å². The Bertz CT molecular complexity index is 1240. The first-order valence-corrected chi connectivity index (χ1v) is 10.9. The zero-order chi connectivity index (χ0) is 25.2. The fraction of sp³-hybridized carbons (Fsp3) is 0.409. The Morgan fingerprint density at radius 3 is 2.49 bits per heavy atom. The Morgan fingerprint density at radius 2 is 1.80 bits per heavy atom. The smallest absolute Gasteiger partial charge is 0.453 e. The third-order valence-corrected chi connectivity index (χ3v) is 5.87. The van der Waals surface area contributed by atoms with Gasteiger partial charge in [0.2, 0.25) is 5.91 Å². The summed E-state index contributed by atoms with van der Waals surface area (Å²) in [5.41, 5.74) is 6.90. The van der Waals surface area contributed by atoms with Crippen molar-refractivity contribution in [2.45, 2.75) is 32.9 Å². The molecule has 13 heteroatoms. The zero-order valence-electron chi connectivity index (χ0n) is 19.1. The number of halogens is 3. The minimum absolute atomic E-state index is 0.00688. The lowest BCUT2D eigenvalue weighted by molar-refractivity contribution is -0.146. The summed E-state index contributed by atoms with van der Waals surface area (Å²) >= 11 is 0. The highest BCUT2D eigenvalue weighted by molar-refractivity contribution is 5.84. The highest BCUT2D eigenvalue weighted by Crippen LogP contribution is 2.28. The number of carbonyl (C=O) groups excluding carboxylic acids is 2. The first-order chi connectivity index (χ1) is 16.6. The number of aromatic nitrogens is 4. The number of ether oxygens (including phenoxy) is 1.